The lowest BCUT2D eigenvalue weighted by Gasteiger charge is -2.01. The third kappa shape index (κ3) is 44.6. The first-order chi connectivity index (χ1) is 8.31. The fourth-order valence-corrected chi connectivity index (χ4v) is 0.611. The van der Waals surface area contributed by atoms with Crippen molar-refractivity contribution in [2.24, 2.45) is 22.9 Å². The van der Waals surface area contributed by atoms with Gasteiger partial charge in [0.15, 0.2) is 0 Å². The summed E-state index contributed by atoms with van der Waals surface area (Å²) in [6.07, 6.45) is 5.56. The minimum Gasteiger partial charge on any atom is -0.330 e. The molecule has 0 aromatic carbocycles. The molecule has 0 aromatic rings. The molecule has 3 atom stereocenters. The summed E-state index contributed by atoms with van der Waals surface area (Å²) in [5.74, 6) is 0. The van der Waals surface area contributed by atoms with E-state index < -0.39 is 0 Å². The van der Waals surface area contributed by atoms with Crippen molar-refractivity contribution in [1.29, 1.82) is 0 Å². The fraction of sp³-hybridized carbons (Fsp3) is 1.00. The molecule has 0 rings (SSSR count). The third-order valence-corrected chi connectivity index (χ3v) is 2.40. The number of hydrogen-bond donors (Lipinski definition) is 4. The van der Waals surface area contributed by atoms with Crippen molar-refractivity contribution in [3.8, 4) is 0 Å². The summed E-state index contributed by atoms with van der Waals surface area (Å²) in [7, 11) is 0. The van der Waals surface area contributed by atoms with Crippen LogP contribution in [0.15, 0.2) is 0 Å². The smallest absolute Gasteiger partial charge is 0.00104 e. The van der Waals surface area contributed by atoms with Gasteiger partial charge in [0.05, 0.1) is 0 Å². The number of unbranched alkanes of at least 4 members (excludes halogenated alkanes) is 1. The maximum absolute atomic E-state index is 5.49. The summed E-state index contributed by atoms with van der Waals surface area (Å²) in [5.41, 5.74) is 21.3. The van der Waals surface area contributed by atoms with Crippen molar-refractivity contribution in [2.45, 2.75) is 84.8 Å². The van der Waals surface area contributed by atoms with Crippen LogP contribution in [0.2, 0.25) is 0 Å². The van der Waals surface area contributed by atoms with Crippen LogP contribution in [0.25, 0.3) is 0 Å². The van der Waals surface area contributed by atoms with Gasteiger partial charge in [-0.25, -0.2) is 0 Å². The second-order valence-corrected chi connectivity index (χ2v) is 5.03. The highest BCUT2D eigenvalue weighted by molar-refractivity contribution is 4.52. The lowest BCUT2D eigenvalue weighted by molar-refractivity contribution is 0.602. The van der Waals surface area contributed by atoms with E-state index in [0.717, 1.165) is 32.2 Å². The first-order valence-electron chi connectivity index (χ1n) is 7.28. The van der Waals surface area contributed by atoms with Crippen LogP contribution < -0.4 is 22.9 Å². The first-order valence-corrected chi connectivity index (χ1v) is 7.28. The van der Waals surface area contributed by atoms with Crippen molar-refractivity contribution < 1.29 is 0 Å². The summed E-state index contributed by atoms with van der Waals surface area (Å²) in [6.45, 7) is 11.0. The van der Waals surface area contributed by atoms with Crippen LogP contribution in [-0.4, -0.2) is 24.7 Å². The highest BCUT2D eigenvalue weighted by atomic mass is 14.6. The molecule has 0 bridgehead atoms. The predicted octanol–water partition coefficient (Wildman–Crippen LogP) is 1.95. The molecule has 8 N–H and O–H groups in total. The summed E-state index contributed by atoms with van der Waals surface area (Å²) >= 11 is 0. The summed E-state index contributed by atoms with van der Waals surface area (Å²) < 4.78 is 0. The fourth-order valence-electron chi connectivity index (χ4n) is 0.611. The molecule has 0 aliphatic heterocycles. The zero-order valence-corrected chi connectivity index (χ0v) is 13.3. The minimum atomic E-state index is 0.349. The zero-order chi connectivity index (χ0) is 15.0. The molecule has 0 amide bonds. The van der Waals surface area contributed by atoms with E-state index in [4.69, 9.17) is 22.9 Å². The van der Waals surface area contributed by atoms with Gasteiger partial charge in [-0.3, -0.25) is 0 Å². The van der Waals surface area contributed by atoms with E-state index in [9.17, 15) is 0 Å². The van der Waals surface area contributed by atoms with Crippen molar-refractivity contribution in [1.82, 2.24) is 0 Å². The highest BCUT2D eigenvalue weighted by Gasteiger charge is 1.90. The molecule has 0 aromatic heterocycles. The van der Waals surface area contributed by atoms with Crippen molar-refractivity contribution in [2.75, 3.05) is 6.54 Å². The highest BCUT2D eigenvalue weighted by Crippen LogP contribution is 1.95. The van der Waals surface area contributed by atoms with Crippen LogP contribution in [0.1, 0.15) is 66.7 Å². The summed E-state index contributed by atoms with van der Waals surface area (Å²) in [5, 5.41) is 0. The van der Waals surface area contributed by atoms with Gasteiger partial charge in [-0.05, 0) is 53.0 Å². The van der Waals surface area contributed by atoms with Crippen LogP contribution in [0.4, 0.5) is 0 Å². The molecule has 114 valence electrons. The van der Waals surface area contributed by atoms with E-state index >= 15 is 0 Å². The Morgan fingerprint density at radius 1 is 0.722 bits per heavy atom. The molecule has 0 aliphatic rings. The largest absolute Gasteiger partial charge is 0.330 e. The molecule has 0 saturated carbocycles. The Morgan fingerprint density at radius 3 is 1.22 bits per heavy atom. The molecular formula is C14H38N4. The van der Waals surface area contributed by atoms with Gasteiger partial charge in [0.1, 0.15) is 0 Å². The van der Waals surface area contributed by atoms with Crippen LogP contribution in [0, 0.1) is 0 Å². The van der Waals surface area contributed by atoms with E-state index in [1.165, 1.54) is 6.42 Å². The lowest BCUT2D eigenvalue weighted by atomic mass is 10.1. The van der Waals surface area contributed by atoms with Crippen molar-refractivity contribution in [3.63, 3.8) is 0 Å². The number of rotatable bonds is 6. The van der Waals surface area contributed by atoms with Crippen LogP contribution in [-0.2, 0) is 0 Å². The maximum atomic E-state index is 5.49. The average molecular weight is 262 g/mol. The van der Waals surface area contributed by atoms with E-state index in [-0.39, 0.29) is 0 Å². The van der Waals surface area contributed by atoms with Gasteiger partial charge in [-0.1, -0.05) is 20.3 Å². The van der Waals surface area contributed by atoms with Crippen molar-refractivity contribution >= 4 is 0 Å². The monoisotopic (exact) mass is 262 g/mol. The van der Waals surface area contributed by atoms with Crippen LogP contribution in [0.3, 0.4) is 0 Å². The molecule has 0 spiro atoms. The Bertz CT molecular complexity index is 117. The average Bonchev–Trinajstić information content (AvgIpc) is 2.30. The molecule has 4 heteroatoms. The number of nitrogens with two attached hydrogens (primary N) is 4. The predicted molar refractivity (Wildman–Crippen MR) is 84.4 cm³/mol. The normalized spacial score (nSPS) is 14.5. The molecule has 0 heterocycles. The van der Waals surface area contributed by atoms with Gasteiger partial charge in [-0.15, -0.1) is 0 Å². The molecule has 0 saturated heterocycles. The van der Waals surface area contributed by atoms with E-state index in [2.05, 4.69) is 13.8 Å². The topological polar surface area (TPSA) is 104 Å². The number of hydrogen-bond acceptors (Lipinski definition) is 4. The van der Waals surface area contributed by atoms with Gasteiger partial charge < -0.3 is 22.9 Å². The minimum absolute atomic E-state index is 0.349. The Labute approximate surface area is 115 Å². The van der Waals surface area contributed by atoms with Gasteiger partial charge in [0.2, 0.25) is 0 Å². The molecular weight excluding hydrogens is 224 g/mol. The molecule has 0 unspecified atom stereocenters. The van der Waals surface area contributed by atoms with Gasteiger partial charge in [0, 0.05) is 18.1 Å². The lowest BCUT2D eigenvalue weighted by Crippen LogP contribution is -2.14. The molecule has 4 nitrogen and oxygen atoms in total. The van der Waals surface area contributed by atoms with E-state index in [1.54, 1.807) is 0 Å². The van der Waals surface area contributed by atoms with Gasteiger partial charge in [-0.2, -0.15) is 0 Å². The Balaban J connectivity index is -0.000000197. The molecule has 0 aliphatic carbocycles. The zero-order valence-electron chi connectivity index (χ0n) is 13.3. The standard InChI is InChI=1S/C6H16N2.2C4H11N/c1-6(8)4-2-3-5-7;2*1-3-4(2)5/h6H,2-5,7-8H2,1H3;2*4H,3,5H2,1-2H3/t6-;2*4-/m110/s1. The van der Waals surface area contributed by atoms with Gasteiger partial charge in [0.25, 0.3) is 0 Å². The molecule has 18 heavy (non-hydrogen) atoms. The third-order valence-electron chi connectivity index (χ3n) is 2.40. The second-order valence-electron chi connectivity index (χ2n) is 5.03. The van der Waals surface area contributed by atoms with E-state index in [1.807, 2.05) is 20.8 Å². The van der Waals surface area contributed by atoms with Crippen LogP contribution in [0.5, 0.6) is 0 Å². The molecule has 0 fully saturated rings. The Hall–Kier alpha value is -0.160. The van der Waals surface area contributed by atoms with Crippen molar-refractivity contribution in [3.05, 3.63) is 0 Å². The van der Waals surface area contributed by atoms with E-state index in [0.29, 0.717) is 18.1 Å². The second kappa shape index (κ2) is 19.2. The maximum Gasteiger partial charge on any atom is 0.00104 e. The molecule has 0 radical (unpaired) electrons. The SMILES string of the molecule is CC[C@@H](C)N.CC[C@H](C)N.C[C@@H](N)CCCCN. The summed E-state index contributed by atoms with van der Waals surface area (Å²) in [4.78, 5) is 0. The summed E-state index contributed by atoms with van der Waals surface area (Å²) in [6, 6.07) is 1.12. The Kier molecular flexibility index (Phi) is 24.5. The van der Waals surface area contributed by atoms with Gasteiger partial charge >= 0.3 is 0 Å². The Morgan fingerprint density at radius 2 is 1.06 bits per heavy atom. The quantitative estimate of drug-likeness (QED) is 0.549. The first kappa shape index (κ1) is 23.0. The van der Waals surface area contributed by atoms with Crippen LogP contribution >= 0.6 is 0 Å².